The first-order chi connectivity index (χ1) is 51.0. The number of H-pyrrole nitrogens is 1. The lowest BCUT2D eigenvalue weighted by atomic mass is 10.1. The van der Waals surface area contributed by atoms with Gasteiger partial charge in [0.2, 0.25) is 0 Å². The summed E-state index contributed by atoms with van der Waals surface area (Å²) in [7, 11) is 0. The van der Waals surface area contributed by atoms with E-state index in [4.69, 9.17) is 31.5 Å². The van der Waals surface area contributed by atoms with E-state index in [2.05, 4.69) is 286 Å². The Morgan fingerprint density at radius 3 is 1.18 bits per heavy atom. The summed E-state index contributed by atoms with van der Waals surface area (Å²) in [5.41, 5.74) is 21.2. The highest BCUT2D eigenvalue weighted by Gasteiger charge is 2.24. The number of halogens is 1. The molecule has 0 radical (unpaired) electrons. The summed E-state index contributed by atoms with van der Waals surface area (Å²) in [5, 5.41) is 13.2. The Bertz CT molecular complexity index is 7040. The Kier molecular flexibility index (Phi) is 14.5. The topological polar surface area (TPSA) is 82.1 Å². The molecule has 0 saturated heterocycles. The van der Waals surface area contributed by atoms with Crippen LogP contribution in [-0.4, -0.2) is 38.6 Å². The van der Waals surface area contributed by atoms with Crippen LogP contribution in [0.25, 0.3) is 190 Å². The first-order valence-electron chi connectivity index (χ1n) is 34.4. The van der Waals surface area contributed by atoms with Crippen molar-refractivity contribution in [2.45, 2.75) is 0 Å². The molecule has 484 valence electrons. The number of fused-ring (bicyclic) bond motifs is 20. The van der Waals surface area contributed by atoms with Crippen molar-refractivity contribution >= 4 is 162 Å². The first kappa shape index (κ1) is 60.2. The fourth-order valence-corrected chi connectivity index (χ4v) is 17.7. The molecule has 1 N–H and O–H groups in total. The molecule has 8 heterocycles. The summed E-state index contributed by atoms with van der Waals surface area (Å²) < 4.78 is 11.9. The van der Waals surface area contributed by atoms with E-state index in [9.17, 15) is 0 Å². The normalized spacial score (nSPS) is 11.7. The molecule has 0 fully saturated rings. The van der Waals surface area contributed by atoms with Gasteiger partial charge in [-0.05, 0) is 97.1 Å². The molecule has 0 spiro atoms. The minimum atomic E-state index is 0.721. The van der Waals surface area contributed by atoms with Crippen LogP contribution in [0.3, 0.4) is 0 Å². The van der Waals surface area contributed by atoms with Crippen LogP contribution in [0.15, 0.2) is 340 Å². The molecule has 0 aliphatic heterocycles. The van der Waals surface area contributed by atoms with Gasteiger partial charge in [-0.3, -0.25) is 0 Å². The molecule has 0 atom stereocenters. The molecule has 0 amide bonds. The van der Waals surface area contributed by atoms with Crippen molar-refractivity contribution in [3.63, 3.8) is 0 Å². The van der Waals surface area contributed by atoms with Gasteiger partial charge in [-0.25, -0.2) is 19.9 Å². The van der Waals surface area contributed by atoms with E-state index in [0.717, 1.165) is 82.1 Å². The van der Waals surface area contributed by atoms with Crippen molar-refractivity contribution in [3.05, 3.63) is 345 Å². The number of para-hydroxylation sites is 6. The van der Waals surface area contributed by atoms with Gasteiger partial charge in [-0.2, -0.15) is 0 Å². The molecule has 11 heteroatoms. The largest absolute Gasteiger partial charge is 0.354 e. The van der Waals surface area contributed by atoms with Gasteiger partial charge in [0.25, 0.3) is 0 Å². The average Bonchev–Trinajstić information content (AvgIpc) is 1.58. The number of nitrogens with zero attached hydrogens (tertiary/aromatic N) is 7. The summed E-state index contributed by atoms with van der Waals surface area (Å²) in [5.74, 6) is 1.48. The molecule has 0 saturated carbocycles. The third-order valence-electron chi connectivity index (χ3n) is 19.8. The van der Waals surface area contributed by atoms with Gasteiger partial charge in [-0.1, -0.05) is 254 Å². The van der Waals surface area contributed by atoms with Crippen molar-refractivity contribution < 1.29 is 0 Å². The van der Waals surface area contributed by atoms with Crippen LogP contribution in [0.4, 0.5) is 0 Å². The van der Waals surface area contributed by atoms with Crippen molar-refractivity contribution in [1.82, 2.24) is 38.6 Å². The van der Waals surface area contributed by atoms with Crippen LogP contribution >= 0.6 is 34.3 Å². The Labute approximate surface area is 603 Å². The highest BCUT2D eigenvalue weighted by atomic mass is 35.5. The van der Waals surface area contributed by atoms with E-state index in [1.54, 1.807) is 22.7 Å². The van der Waals surface area contributed by atoms with E-state index in [1.165, 1.54) is 113 Å². The summed E-state index contributed by atoms with van der Waals surface area (Å²) in [4.78, 5) is 23.7. The van der Waals surface area contributed by atoms with Gasteiger partial charge in [0.1, 0.15) is 0 Å². The highest BCUT2D eigenvalue weighted by Crippen LogP contribution is 2.46. The van der Waals surface area contributed by atoms with Gasteiger partial charge < -0.3 is 18.7 Å². The SMILES string of the molecule is Clc1ccc(-c2nc(-c3ccccc3)nc3c2sc2ccccc23)cc1.c1ccc(-c2nc(-c3ccc(-n4c5ccccc5c5c4ccc4c6ccccc6n(-c6ccccc6)c45)cc3)c3sc4ccccc4c3n2)cc1.c1ccc(-n2c3ccccc3c3ccc4[nH]c5ccccc5c4c32)cc1. The van der Waals surface area contributed by atoms with Crippen LogP contribution in [0, 0.1) is 0 Å². The number of nitrogens with one attached hydrogen (secondary N) is 1. The maximum atomic E-state index is 6.08. The van der Waals surface area contributed by atoms with Gasteiger partial charge in [0.15, 0.2) is 11.6 Å². The molecule has 14 aromatic carbocycles. The fourth-order valence-electron chi connectivity index (χ4n) is 15.2. The third-order valence-corrected chi connectivity index (χ3v) is 22.4. The molecule has 0 aliphatic rings. The number of hydrogen-bond acceptors (Lipinski definition) is 6. The highest BCUT2D eigenvalue weighted by molar-refractivity contribution is 7.26. The molecule has 0 unspecified atom stereocenters. The number of hydrogen-bond donors (Lipinski definition) is 1. The predicted octanol–water partition coefficient (Wildman–Crippen LogP) is 25.6. The molecule has 103 heavy (non-hydrogen) atoms. The maximum Gasteiger partial charge on any atom is 0.160 e. The van der Waals surface area contributed by atoms with Gasteiger partial charge in [0, 0.05) is 119 Å². The van der Waals surface area contributed by atoms with E-state index in [-0.39, 0.29) is 0 Å². The standard InChI is InChI=1S/C46H28N4S.C24H16N2.C22H13ClN2S/c1-3-13-30(14-4-1)46-47-42(45-43(48-46)36-19-9-12-22-40(36)51-45)29-23-25-32(26-24-29)49-38-21-11-8-18-35(38)41-39(49)28-27-34-33-17-7-10-20-37(33)50(44(34)41)31-15-5-2-6-16-31;1-2-8-16(9-3-1)26-22-13-7-5-10-17(22)18-14-15-21-23(24(18)26)19-11-4-6-12-20(19)25-21;23-16-12-10-14(11-13-16)19-21-20(17-8-4-5-9-18(17)26-21)25-22(24-19)15-6-2-1-3-7-15/h1-28H;1-15,25H;1-13H. The lowest BCUT2D eigenvalue weighted by molar-refractivity contribution is 1.17. The van der Waals surface area contributed by atoms with Gasteiger partial charge in [0.05, 0.1) is 64.9 Å². The number of benzene rings is 14. The van der Waals surface area contributed by atoms with E-state index in [0.29, 0.717) is 0 Å². The monoisotopic (exact) mass is 1370 g/mol. The lowest BCUT2D eigenvalue weighted by Gasteiger charge is -2.11. The van der Waals surface area contributed by atoms with E-state index >= 15 is 0 Å². The Morgan fingerprint density at radius 2 is 0.660 bits per heavy atom. The lowest BCUT2D eigenvalue weighted by Crippen LogP contribution is -1.96. The van der Waals surface area contributed by atoms with Crippen LogP contribution in [0.5, 0.6) is 0 Å². The molecular weight excluding hydrogens is 1320 g/mol. The smallest absolute Gasteiger partial charge is 0.160 e. The van der Waals surface area contributed by atoms with Crippen LogP contribution < -0.4 is 0 Å². The van der Waals surface area contributed by atoms with Crippen LogP contribution in [0.2, 0.25) is 5.02 Å². The summed E-state index contributed by atoms with van der Waals surface area (Å²) >= 11 is 9.57. The number of thiophene rings is 2. The van der Waals surface area contributed by atoms with Crippen LogP contribution in [-0.2, 0) is 0 Å². The van der Waals surface area contributed by atoms with E-state index < -0.39 is 0 Å². The summed E-state index contributed by atoms with van der Waals surface area (Å²) in [6.07, 6.45) is 0. The van der Waals surface area contributed by atoms with Crippen molar-refractivity contribution in [2.75, 3.05) is 0 Å². The zero-order chi connectivity index (χ0) is 68.1. The van der Waals surface area contributed by atoms with Gasteiger partial charge in [-0.15, -0.1) is 22.7 Å². The van der Waals surface area contributed by atoms with E-state index in [1.807, 2.05) is 72.8 Å². The molecule has 8 nitrogen and oxygen atoms in total. The molecular formula is C92H57ClN8S2. The first-order valence-corrected chi connectivity index (χ1v) is 36.4. The predicted molar refractivity (Wildman–Crippen MR) is 435 cm³/mol. The quantitative estimate of drug-likeness (QED) is 0.172. The van der Waals surface area contributed by atoms with Crippen molar-refractivity contribution in [1.29, 1.82) is 0 Å². The fraction of sp³-hybridized carbons (Fsp3) is 0. The van der Waals surface area contributed by atoms with Crippen molar-refractivity contribution in [2.24, 2.45) is 0 Å². The second-order valence-corrected chi connectivity index (χ2v) is 28.3. The third kappa shape index (κ3) is 10.1. The van der Waals surface area contributed by atoms with Crippen LogP contribution in [0.1, 0.15) is 0 Å². The Hall–Kier alpha value is -12.8. The average molecular weight is 1370 g/mol. The number of aromatic nitrogens is 8. The molecule has 22 aromatic rings. The summed E-state index contributed by atoms with van der Waals surface area (Å²) in [6, 6.07) is 119. The Morgan fingerprint density at radius 1 is 0.262 bits per heavy atom. The number of aromatic amines is 1. The summed E-state index contributed by atoms with van der Waals surface area (Å²) in [6.45, 7) is 0. The zero-order valence-electron chi connectivity index (χ0n) is 55.2. The second kappa shape index (κ2) is 24.8. The zero-order valence-corrected chi connectivity index (χ0v) is 57.5. The van der Waals surface area contributed by atoms with Gasteiger partial charge >= 0.3 is 0 Å². The maximum absolute atomic E-state index is 6.08. The second-order valence-electron chi connectivity index (χ2n) is 25.8. The minimum absolute atomic E-state index is 0.721. The molecule has 8 aromatic heterocycles. The minimum Gasteiger partial charge on any atom is -0.354 e. The molecule has 0 aliphatic carbocycles. The Balaban J connectivity index is 0.000000114. The van der Waals surface area contributed by atoms with Crippen molar-refractivity contribution in [3.8, 4) is 62.4 Å². The molecule has 0 bridgehead atoms. The molecule has 22 rings (SSSR count). The number of rotatable bonds is 7.